The number of rotatable bonds is 5. The summed E-state index contributed by atoms with van der Waals surface area (Å²) in [5, 5.41) is 9.99. The topological polar surface area (TPSA) is 125 Å². The van der Waals surface area contributed by atoms with Crippen LogP contribution in [0.1, 0.15) is 67.4 Å². The number of aliphatic hydroxyl groups excluding tert-OH is 1. The summed E-state index contributed by atoms with van der Waals surface area (Å²) in [6.45, 7) is 10.2. The molecule has 1 amide bonds. The first-order chi connectivity index (χ1) is 21.5. The van der Waals surface area contributed by atoms with E-state index < -0.39 is 10.0 Å². The number of anilines is 1. The van der Waals surface area contributed by atoms with Gasteiger partial charge in [0.2, 0.25) is 11.8 Å². The molecule has 11 heteroatoms. The van der Waals surface area contributed by atoms with Gasteiger partial charge in [-0.15, -0.1) is 0 Å². The molecule has 0 radical (unpaired) electrons. The van der Waals surface area contributed by atoms with E-state index in [2.05, 4.69) is 33.4 Å². The summed E-state index contributed by atoms with van der Waals surface area (Å²) in [5.74, 6) is 0.230. The van der Waals surface area contributed by atoms with E-state index in [0.717, 1.165) is 55.5 Å². The maximum atomic E-state index is 14.4. The van der Waals surface area contributed by atoms with Gasteiger partial charge in [0.15, 0.2) is 0 Å². The van der Waals surface area contributed by atoms with Gasteiger partial charge < -0.3 is 19.6 Å². The van der Waals surface area contributed by atoms with Crippen molar-refractivity contribution in [2.45, 2.75) is 88.9 Å². The van der Waals surface area contributed by atoms with Crippen molar-refractivity contribution in [3.05, 3.63) is 65.2 Å². The summed E-state index contributed by atoms with van der Waals surface area (Å²) in [5.41, 5.74) is 3.75. The Bertz CT molecular complexity index is 1640. The first-order valence-corrected chi connectivity index (χ1v) is 17.4. The number of amides is 1. The third-order valence-electron chi connectivity index (χ3n) is 9.35. The van der Waals surface area contributed by atoms with Crippen molar-refractivity contribution >= 4 is 21.9 Å². The van der Waals surface area contributed by atoms with Crippen LogP contribution in [0.25, 0.3) is 11.3 Å². The number of aryl methyl sites for hydroxylation is 2. The van der Waals surface area contributed by atoms with Gasteiger partial charge >= 0.3 is 0 Å². The van der Waals surface area contributed by atoms with Gasteiger partial charge in [0.25, 0.3) is 15.9 Å². The van der Waals surface area contributed by atoms with E-state index in [-0.39, 0.29) is 53.3 Å². The number of carbonyl (C=O) groups excluding carboxylic acids is 1. The van der Waals surface area contributed by atoms with Gasteiger partial charge in [0, 0.05) is 42.4 Å². The molecule has 3 heterocycles. The molecule has 1 saturated heterocycles. The Hall–Kier alpha value is -3.54. The highest BCUT2D eigenvalue weighted by Gasteiger charge is 2.43. The predicted octanol–water partition coefficient (Wildman–Crippen LogP) is 4.80. The van der Waals surface area contributed by atoms with Crippen molar-refractivity contribution < 1.29 is 23.1 Å². The number of piperidine rings is 1. The number of nitrogens with zero attached hydrogens (tertiary/aromatic N) is 4. The largest absolute Gasteiger partial charge is 0.475 e. The molecule has 1 atom stereocenters. The van der Waals surface area contributed by atoms with E-state index in [9.17, 15) is 18.3 Å². The molecule has 2 aliphatic heterocycles. The van der Waals surface area contributed by atoms with Crippen molar-refractivity contribution in [1.29, 1.82) is 0 Å². The molecule has 1 saturated carbocycles. The highest BCUT2D eigenvalue weighted by atomic mass is 32.2. The number of sulfonamides is 1. The van der Waals surface area contributed by atoms with Crippen molar-refractivity contribution in [3.8, 4) is 17.1 Å². The quantitative estimate of drug-likeness (QED) is 0.411. The van der Waals surface area contributed by atoms with E-state index in [1.807, 2.05) is 36.9 Å². The lowest BCUT2D eigenvalue weighted by molar-refractivity contribution is -0.0193. The number of hydrogen-bond donors (Lipinski definition) is 2. The van der Waals surface area contributed by atoms with E-state index >= 15 is 0 Å². The molecule has 0 spiro atoms. The molecule has 2 aromatic carbocycles. The van der Waals surface area contributed by atoms with Crippen LogP contribution >= 0.6 is 0 Å². The van der Waals surface area contributed by atoms with Crippen molar-refractivity contribution in [1.82, 2.24) is 19.8 Å². The van der Waals surface area contributed by atoms with E-state index in [1.54, 1.807) is 18.2 Å². The average Bonchev–Trinajstić information content (AvgIpc) is 2.97. The first-order valence-electron chi connectivity index (χ1n) is 15.9. The van der Waals surface area contributed by atoms with Gasteiger partial charge in [-0.05, 0) is 81.2 Å². The molecule has 3 aromatic rings. The Balaban J connectivity index is 1.40. The minimum atomic E-state index is -4.12. The highest BCUT2D eigenvalue weighted by molar-refractivity contribution is 7.92. The molecule has 2 N–H and O–H groups in total. The molecular formula is C34H43N5O5S. The maximum absolute atomic E-state index is 14.4. The van der Waals surface area contributed by atoms with Crippen LogP contribution in [0, 0.1) is 19.8 Å². The minimum Gasteiger partial charge on any atom is -0.475 e. The molecule has 4 bridgehead atoms. The fraction of sp³-hybridized carbons (Fsp3) is 0.500. The van der Waals surface area contributed by atoms with Crippen LogP contribution in [0.3, 0.4) is 0 Å². The van der Waals surface area contributed by atoms with Crippen LogP contribution < -0.4 is 9.46 Å². The van der Waals surface area contributed by atoms with E-state index in [1.165, 1.54) is 12.1 Å². The average molecular weight is 634 g/mol. The number of aromatic nitrogens is 2. The normalized spacial score (nSPS) is 24.1. The minimum absolute atomic E-state index is 0.0173. The van der Waals surface area contributed by atoms with Gasteiger partial charge in [-0.2, -0.15) is 4.98 Å². The molecule has 6 rings (SSSR count). The number of benzene rings is 2. The third kappa shape index (κ3) is 6.71. The fourth-order valence-electron chi connectivity index (χ4n) is 6.97. The second-order valence-electron chi connectivity index (χ2n) is 13.2. The molecule has 10 nitrogen and oxygen atoms in total. The number of carbonyl (C=O) groups is 1. The zero-order valence-corrected chi connectivity index (χ0v) is 27.3. The summed E-state index contributed by atoms with van der Waals surface area (Å²) in [6, 6.07) is 14.0. The summed E-state index contributed by atoms with van der Waals surface area (Å²) >= 11 is 0. The van der Waals surface area contributed by atoms with Crippen LogP contribution in [0.15, 0.2) is 53.4 Å². The molecule has 1 aromatic heterocycles. The van der Waals surface area contributed by atoms with Gasteiger partial charge in [-0.1, -0.05) is 38.1 Å². The third-order valence-corrected chi connectivity index (χ3v) is 10.7. The molecule has 240 valence electrons. The second-order valence-corrected chi connectivity index (χ2v) is 14.9. The number of nitrogens with one attached hydrogen (secondary N) is 1. The van der Waals surface area contributed by atoms with Crippen LogP contribution in [0.2, 0.25) is 0 Å². The van der Waals surface area contributed by atoms with Crippen LogP contribution in [-0.4, -0.2) is 83.1 Å². The lowest BCUT2D eigenvalue weighted by atomic mass is 9.81. The Morgan fingerprint density at radius 3 is 2.38 bits per heavy atom. The summed E-state index contributed by atoms with van der Waals surface area (Å²) in [6.07, 6.45) is 3.66. The number of ether oxygens (including phenoxy) is 1. The summed E-state index contributed by atoms with van der Waals surface area (Å²) in [7, 11) is -4.12. The van der Waals surface area contributed by atoms with Crippen LogP contribution in [0.4, 0.5) is 5.95 Å². The zero-order valence-electron chi connectivity index (χ0n) is 26.4. The number of hydrogen-bond acceptors (Lipinski definition) is 8. The van der Waals surface area contributed by atoms with Crippen LogP contribution in [-0.2, 0) is 10.0 Å². The highest BCUT2D eigenvalue weighted by Crippen LogP contribution is 2.36. The van der Waals surface area contributed by atoms with Gasteiger partial charge in [0.1, 0.15) is 6.61 Å². The maximum Gasteiger partial charge on any atom is 0.264 e. The zero-order chi connectivity index (χ0) is 31.9. The lowest BCUT2D eigenvalue weighted by Crippen LogP contribution is -2.60. The predicted molar refractivity (Wildman–Crippen MR) is 173 cm³/mol. The molecule has 2 fully saturated rings. The monoisotopic (exact) mass is 633 g/mol. The molecule has 1 aliphatic carbocycles. The summed E-state index contributed by atoms with van der Waals surface area (Å²) < 4.78 is 36.1. The summed E-state index contributed by atoms with van der Waals surface area (Å²) in [4.78, 5) is 27.8. The van der Waals surface area contributed by atoms with E-state index in [0.29, 0.717) is 23.7 Å². The Morgan fingerprint density at radius 2 is 1.69 bits per heavy atom. The van der Waals surface area contributed by atoms with Crippen molar-refractivity contribution in [2.75, 3.05) is 24.4 Å². The Labute approximate surface area is 265 Å². The van der Waals surface area contributed by atoms with Gasteiger partial charge in [0.05, 0.1) is 22.7 Å². The molecule has 3 aliphatic rings. The lowest BCUT2D eigenvalue weighted by Gasteiger charge is -2.51. The van der Waals surface area contributed by atoms with Gasteiger partial charge in [-0.25, -0.2) is 18.1 Å². The Kier molecular flexibility index (Phi) is 8.87. The van der Waals surface area contributed by atoms with Crippen LogP contribution in [0.5, 0.6) is 5.88 Å². The smallest absolute Gasteiger partial charge is 0.264 e. The molecular weight excluding hydrogens is 590 g/mol. The standard InChI is InChI=1S/C34H43N5O5S/c1-21(2)15-27-20-44-31-19-30(32-22(3)7-5-8-23(32)4)35-34(36-31)37-45(42,43)29-10-6-9-24(16-29)33(41)39(27)26-17-25(18-26)38-13-11-28(40)12-14-38/h5-10,16,19,21,25-28,40H,11-15,17-18,20H2,1-4H3,(H,35,36,37)/t25?,26?,27-/m1/s1. The van der Waals surface area contributed by atoms with Crippen molar-refractivity contribution in [3.63, 3.8) is 0 Å². The van der Waals surface area contributed by atoms with Crippen molar-refractivity contribution in [2.24, 2.45) is 5.92 Å². The second kappa shape index (κ2) is 12.7. The Morgan fingerprint density at radius 1 is 1.00 bits per heavy atom. The number of likely N-dealkylation sites (tertiary alicyclic amines) is 1. The molecule has 0 unspecified atom stereocenters. The first kappa shape index (κ1) is 31.4. The molecule has 45 heavy (non-hydrogen) atoms. The van der Waals surface area contributed by atoms with E-state index in [4.69, 9.17) is 4.74 Å². The number of aliphatic hydroxyl groups is 1. The van der Waals surface area contributed by atoms with Gasteiger partial charge in [-0.3, -0.25) is 4.79 Å². The SMILES string of the molecule is Cc1cccc(C)c1-c1cc2nc(n1)NS(=O)(=O)c1cccc(c1)C(=O)N(C1CC(N3CCC(O)CC3)C1)[C@H](CC(C)C)CO2. The fourth-order valence-corrected chi connectivity index (χ4v) is 7.96. The number of fused-ring (bicyclic) bond motifs is 4.